The minimum atomic E-state index is -0.898. The summed E-state index contributed by atoms with van der Waals surface area (Å²) in [5, 5.41) is 5.44. The SMILES string of the molecule is C=CC(=O)NCCC(=O)N[C@@H]1CCN(C)[C@H]1c1ccc(F)c(F)c1. The van der Waals surface area contributed by atoms with Gasteiger partial charge in [0.2, 0.25) is 11.8 Å². The first kappa shape index (κ1) is 18.1. The molecule has 1 aromatic rings. The maximum absolute atomic E-state index is 13.5. The maximum Gasteiger partial charge on any atom is 0.243 e. The van der Waals surface area contributed by atoms with Crippen LogP contribution in [0.2, 0.25) is 0 Å². The fourth-order valence-electron chi connectivity index (χ4n) is 2.93. The van der Waals surface area contributed by atoms with Gasteiger partial charge in [-0.1, -0.05) is 12.6 Å². The lowest BCUT2D eigenvalue weighted by Crippen LogP contribution is -2.40. The third-order valence-corrected chi connectivity index (χ3v) is 4.12. The molecule has 2 amide bonds. The lowest BCUT2D eigenvalue weighted by molar-refractivity contribution is -0.122. The van der Waals surface area contributed by atoms with E-state index in [-0.39, 0.29) is 36.9 Å². The Kier molecular flexibility index (Phi) is 6.03. The van der Waals surface area contributed by atoms with Crippen LogP contribution in [-0.4, -0.2) is 42.9 Å². The Morgan fingerprint density at radius 1 is 1.38 bits per heavy atom. The van der Waals surface area contributed by atoms with Gasteiger partial charge in [0.15, 0.2) is 11.6 Å². The van der Waals surface area contributed by atoms with Crippen LogP contribution in [0.1, 0.15) is 24.4 Å². The number of benzene rings is 1. The normalized spacial score (nSPS) is 20.6. The second kappa shape index (κ2) is 8.01. The molecule has 0 unspecified atom stereocenters. The molecule has 0 saturated carbocycles. The lowest BCUT2D eigenvalue weighted by Gasteiger charge is -2.26. The number of nitrogens with zero attached hydrogens (tertiary/aromatic N) is 1. The standard InChI is InChI=1S/C17H21F2N3O2/c1-3-15(23)20-8-6-16(24)21-14-7-9-22(2)17(14)11-4-5-12(18)13(19)10-11/h3-5,10,14,17H,1,6-9H2,2H3,(H,20,23)(H,21,24)/t14-,17+/m1/s1. The van der Waals surface area contributed by atoms with Gasteiger partial charge < -0.3 is 10.6 Å². The van der Waals surface area contributed by atoms with Crippen molar-refractivity contribution in [3.05, 3.63) is 48.1 Å². The van der Waals surface area contributed by atoms with E-state index < -0.39 is 11.6 Å². The highest BCUT2D eigenvalue weighted by molar-refractivity contribution is 5.87. The van der Waals surface area contributed by atoms with Gasteiger partial charge in [-0.25, -0.2) is 8.78 Å². The smallest absolute Gasteiger partial charge is 0.243 e. The first-order valence-electron chi connectivity index (χ1n) is 7.77. The maximum atomic E-state index is 13.5. The molecule has 0 aliphatic carbocycles. The van der Waals surface area contributed by atoms with Crippen molar-refractivity contribution >= 4 is 11.8 Å². The molecule has 1 aliphatic rings. The number of hydrogen-bond donors (Lipinski definition) is 2. The molecule has 0 bridgehead atoms. The first-order chi connectivity index (χ1) is 11.4. The second-order valence-electron chi connectivity index (χ2n) is 5.81. The van der Waals surface area contributed by atoms with Crippen molar-refractivity contribution in [3.8, 4) is 0 Å². The summed E-state index contributed by atoms with van der Waals surface area (Å²) < 4.78 is 26.6. The fourth-order valence-corrected chi connectivity index (χ4v) is 2.93. The van der Waals surface area contributed by atoms with Gasteiger partial charge in [0.1, 0.15) is 0 Å². The van der Waals surface area contributed by atoms with Crippen molar-refractivity contribution in [2.24, 2.45) is 0 Å². The molecule has 0 spiro atoms. The summed E-state index contributed by atoms with van der Waals surface area (Å²) in [7, 11) is 1.88. The summed E-state index contributed by atoms with van der Waals surface area (Å²) in [5.41, 5.74) is 0.624. The van der Waals surface area contributed by atoms with E-state index in [0.29, 0.717) is 12.0 Å². The summed E-state index contributed by atoms with van der Waals surface area (Å²) in [4.78, 5) is 25.1. The van der Waals surface area contributed by atoms with Crippen molar-refractivity contribution in [1.29, 1.82) is 0 Å². The zero-order valence-electron chi connectivity index (χ0n) is 13.5. The van der Waals surface area contributed by atoms with Gasteiger partial charge in [0, 0.05) is 25.6 Å². The Hall–Kier alpha value is -2.28. The number of likely N-dealkylation sites (tertiary alicyclic amines) is 1. The van der Waals surface area contributed by atoms with Crippen molar-refractivity contribution in [1.82, 2.24) is 15.5 Å². The van der Waals surface area contributed by atoms with Gasteiger partial charge in [-0.05, 0) is 37.2 Å². The van der Waals surface area contributed by atoms with Crippen molar-refractivity contribution in [3.63, 3.8) is 0 Å². The predicted molar refractivity (Wildman–Crippen MR) is 86.1 cm³/mol. The molecular formula is C17H21F2N3O2. The first-order valence-corrected chi connectivity index (χ1v) is 7.77. The quantitative estimate of drug-likeness (QED) is 0.774. The summed E-state index contributed by atoms with van der Waals surface area (Å²) in [6.45, 7) is 4.29. The monoisotopic (exact) mass is 337 g/mol. The highest BCUT2D eigenvalue weighted by Crippen LogP contribution is 2.31. The van der Waals surface area contributed by atoms with Crippen LogP contribution >= 0.6 is 0 Å². The Bertz CT molecular complexity index is 636. The number of carbonyl (C=O) groups is 2. The molecule has 2 atom stereocenters. The minimum absolute atomic E-state index is 0.143. The van der Waals surface area contributed by atoms with Crippen LogP contribution in [0, 0.1) is 11.6 Å². The number of likely N-dealkylation sites (N-methyl/N-ethyl adjacent to an activating group) is 1. The van der Waals surface area contributed by atoms with Gasteiger partial charge in [0.25, 0.3) is 0 Å². The van der Waals surface area contributed by atoms with Gasteiger partial charge in [-0.15, -0.1) is 0 Å². The summed E-state index contributed by atoms with van der Waals surface area (Å²) >= 11 is 0. The van der Waals surface area contributed by atoms with E-state index >= 15 is 0 Å². The zero-order chi connectivity index (χ0) is 17.7. The van der Waals surface area contributed by atoms with Crippen molar-refractivity contribution in [2.45, 2.75) is 24.9 Å². The zero-order valence-corrected chi connectivity index (χ0v) is 13.5. The highest BCUT2D eigenvalue weighted by atomic mass is 19.2. The average molecular weight is 337 g/mol. The average Bonchev–Trinajstić information content (AvgIpc) is 2.90. The van der Waals surface area contributed by atoms with Gasteiger partial charge in [-0.3, -0.25) is 14.5 Å². The van der Waals surface area contributed by atoms with Crippen molar-refractivity contribution < 1.29 is 18.4 Å². The van der Waals surface area contributed by atoms with Crippen LogP contribution in [0.5, 0.6) is 0 Å². The molecule has 7 heteroatoms. The molecule has 2 N–H and O–H groups in total. The molecule has 1 aliphatic heterocycles. The highest BCUT2D eigenvalue weighted by Gasteiger charge is 2.34. The number of nitrogens with one attached hydrogen (secondary N) is 2. The molecule has 0 aromatic heterocycles. The largest absolute Gasteiger partial charge is 0.352 e. The molecule has 130 valence electrons. The number of amides is 2. The molecule has 0 radical (unpaired) electrons. The topological polar surface area (TPSA) is 61.4 Å². The molecule has 1 fully saturated rings. The van der Waals surface area contributed by atoms with Crippen molar-refractivity contribution in [2.75, 3.05) is 20.1 Å². The number of carbonyl (C=O) groups excluding carboxylic acids is 2. The second-order valence-corrected chi connectivity index (χ2v) is 5.81. The summed E-state index contributed by atoms with van der Waals surface area (Å²) in [6.07, 6.45) is 2.00. The van der Waals surface area contributed by atoms with E-state index in [1.807, 2.05) is 11.9 Å². The summed E-state index contributed by atoms with van der Waals surface area (Å²) in [5.74, 6) is -2.32. The van der Waals surface area contributed by atoms with Crippen LogP contribution in [0.15, 0.2) is 30.9 Å². The van der Waals surface area contributed by atoms with E-state index in [4.69, 9.17) is 0 Å². The number of hydrogen-bond acceptors (Lipinski definition) is 3. The Labute approximate surface area is 139 Å². The van der Waals surface area contributed by atoms with Crippen LogP contribution in [0.3, 0.4) is 0 Å². The van der Waals surface area contributed by atoms with Crippen LogP contribution in [-0.2, 0) is 9.59 Å². The Balaban J connectivity index is 1.98. The molecular weight excluding hydrogens is 316 g/mol. The van der Waals surface area contributed by atoms with Crippen LogP contribution in [0.4, 0.5) is 8.78 Å². The molecule has 5 nitrogen and oxygen atoms in total. The van der Waals surface area contributed by atoms with E-state index in [1.54, 1.807) is 0 Å². The van der Waals surface area contributed by atoms with Gasteiger partial charge >= 0.3 is 0 Å². The molecule has 2 rings (SSSR count). The third kappa shape index (κ3) is 4.38. The van der Waals surface area contributed by atoms with Crippen LogP contribution in [0.25, 0.3) is 0 Å². The predicted octanol–water partition coefficient (Wildman–Crippen LogP) is 1.52. The number of rotatable bonds is 6. The Morgan fingerprint density at radius 2 is 2.12 bits per heavy atom. The molecule has 1 heterocycles. The van der Waals surface area contributed by atoms with Gasteiger partial charge in [-0.2, -0.15) is 0 Å². The molecule has 24 heavy (non-hydrogen) atoms. The lowest BCUT2D eigenvalue weighted by atomic mass is 9.99. The number of halogens is 2. The van der Waals surface area contributed by atoms with E-state index in [2.05, 4.69) is 17.2 Å². The van der Waals surface area contributed by atoms with Crippen LogP contribution < -0.4 is 10.6 Å². The Morgan fingerprint density at radius 3 is 2.79 bits per heavy atom. The third-order valence-electron chi connectivity index (χ3n) is 4.12. The minimum Gasteiger partial charge on any atom is -0.352 e. The van der Waals surface area contributed by atoms with E-state index in [1.165, 1.54) is 12.1 Å². The van der Waals surface area contributed by atoms with E-state index in [9.17, 15) is 18.4 Å². The molecule has 1 aromatic carbocycles. The van der Waals surface area contributed by atoms with Gasteiger partial charge in [0.05, 0.1) is 6.04 Å². The van der Waals surface area contributed by atoms with E-state index in [0.717, 1.165) is 18.7 Å². The molecule has 1 saturated heterocycles. The summed E-state index contributed by atoms with van der Waals surface area (Å²) in [6, 6.07) is 3.40. The fraction of sp³-hybridized carbons (Fsp3) is 0.412.